The molecule has 0 radical (unpaired) electrons. The molecule has 6 heteroatoms. The largest absolute Gasteiger partial charge is 0.462 e. The average Bonchev–Trinajstić information content (AvgIpc) is 3.27. The maximum absolute atomic E-state index is 12.8. The first kappa shape index (κ1) is 62.4. The van der Waals surface area contributed by atoms with Gasteiger partial charge < -0.3 is 14.2 Å². The van der Waals surface area contributed by atoms with E-state index in [1.165, 1.54) is 212 Å². The Bertz CT molecular complexity index is 978. The fourth-order valence-electron chi connectivity index (χ4n) is 8.87. The Kier molecular flexibility index (Phi) is 49.6. The van der Waals surface area contributed by atoms with Crippen molar-refractivity contribution in [2.75, 3.05) is 13.2 Å². The molecule has 380 valence electrons. The predicted molar refractivity (Wildman–Crippen MR) is 275 cm³/mol. The minimum absolute atomic E-state index is 0.0627. The van der Waals surface area contributed by atoms with Gasteiger partial charge in [0.1, 0.15) is 13.2 Å². The van der Waals surface area contributed by atoms with Crippen LogP contribution in [0.4, 0.5) is 0 Å². The Morgan fingerprint density at radius 3 is 0.766 bits per heavy atom. The Balaban J connectivity index is 4.26. The standard InChI is InChI=1S/C58H112O6/c1-6-7-8-9-10-11-12-23-28-33-38-43-48-56(59)62-51-55(64-58(61)50-45-40-35-30-25-20-19-22-27-32-37-42-47-54(4)5)52-63-57(60)49-44-39-34-29-24-18-16-14-13-15-17-21-26-31-36-41-46-53(2)3/h53-55H,6-52H2,1-5H3/t55-/m0/s1. The predicted octanol–water partition coefficient (Wildman–Crippen LogP) is 18.9. The van der Waals surface area contributed by atoms with Gasteiger partial charge in [-0.05, 0) is 31.1 Å². The van der Waals surface area contributed by atoms with Crippen molar-refractivity contribution in [2.45, 2.75) is 330 Å². The van der Waals surface area contributed by atoms with E-state index in [9.17, 15) is 14.4 Å². The Morgan fingerprint density at radius 1 is 0.297 bits per heavy atom. The summed E-state index contributed by atoms with van der Waals surface area (Å²) in [5.41, 5.74) is 0. The highest BCUT2D eigenvalue weighted by Crippen LogP contribution is 2.18. The van der Waals surface area contributed by atoms with Gasteiger partial charge in [-0.25, -0.2) is 0 Å². The Morgan fingerprint density at radius 2 is 0.516 bits per heavy atom. The van der Waals surface area contributed by atoms with Crippen LogP contribution >= 0.6 is 0 Å². The van der Waals surface area contributed by atoms with Crippen molar-refractivity contribution in [3.63, 3.8) is 0 Å². The summed E-state index contributed by atoms with van der Waals surface area (Å²) in [5.74, 6) is 0.845. The summed E-state index contributed by atoms with van der Waals surface area (Å²) in [4.78, 5) is 38.1. The first-order valence-corrected chi connectivity index (χ1v) is 28.7. The SMILES string of the molecule is CCCCCCCCCCCCCCC(=O)OC[C@@H](COC(=O)CCCCCCCCCCCCCCCCCCC(C)C)OC(=O)CCCCCCCCCCCCCCC(C)C. The second kappa shape index (κ2) is 50.8. The quantitative estimate of drug-likeness (QED) is 0.0344. The summed E-state index contributed by atoms with van der Waals surface area (Å²) in [6.45, 7) is 11.4. The van der Waals surface area contributed by atoms with Crippen LogP contribution in [0.1, 0.15) is 324 Å². The van der Waals surface area contributed by atoms with Gasteiger partial charge in [-0.2, -0.15) is 0 Å². The number of carbonyl (C=O) groups excluding carboxylic acids is 3. The highest BCUT2D eigenvalue weighted by atomic mass is 16.6. The molecule has 0 unspecified atom stereocenters. The smallest absolute Gasteiger partial charge is 0.306 e. The van der Waals surface area contributed by atoms with Crippen molar-refractivity contribution in [1.29, 1.82) is 0 Å². The van der Waals surface area contributed by atoms with Gasteiger partial charge in [0, 0.05) is 19.3 Å². The normalized spacial score (nSPS) is 12.0. The first-order valence-electron chi connectivity index (χ1n) is 28.7. The summed E-state index contributed by atoms with van der Waals surface area (Å²) in [6, 6.07) is 0. The van der Waals surface area contributed by atoms with Crippen LogP contribution < -0.4 is 0 Å². The minimum atomic E-state index is -0.762. The van der Waals surface area contributed by atoms with Gasteiger partial charge in [0.2, 0.25) is 0 Å². The molecule has 64 heavy (non-hydrogen) atoms. The van der Waals surface area contributed by atoms with Crippen LogP contribution in [0.15, 0.2) is 0 Å². The van der Waals surface area contributed by atoms with Crippen LogP contribution in [-0.2, 0) is 28.6 Å². The number of hydrogen-bond donors (Lipinski definition) is 0. The molecule has 6 nitrogen and oxygen atoms in total. The van der Waals surface area contributed by atoms with E-state index in [-0.39, 0.29) is 31.1 Å². The van der Waals surface area contributed by atoms with Crippen LogP contribution in [0, 0.1) is 11.8 Å². The summed E-state index contributed by atoms with van der Waals surface area (Å²) in [6.07, 6.45) is 53.8. The molecule has 1 atom stereocenters. The number of rotatable bonds is 52. The third-order valence-electron chi connectivity index (χ3n) is 13.2. The lowest BCUT2D eigenvalue weighted by Crippen LogP contribution is -2.30. The van der Waals surface area contributed by atoms with Crippen LogP contribution in [0.5, 0.6) is 0 Å². The van der Waals surface area contributed by atoms with Crippen LogP contribution in [0.3, 0.4) is 0 Å². The zero-order chi connectivity index (χ0) is 46.8. The third kappa shape index (κ3) is 51.4. The number of unbranched alkanes of at least 4 members (excludes halogenated alkanes) is 37. The lowest BCUT2D eigenvalue weighted by atomic mass is 10.0. The van der Waals surface area contributed by atoms with Gasteiger partial charge in [0.05, 0.1) is 0 Å². The summed E-state index contributed by atoms with van der Waals surface area (Å²) < 4.78 is 16.9. The third-order valence-corrected chi connectivity index (χ3v) is 13.2. The van der Waals surface area contributed by atoms with Crippen molar-refractivity contribution in [3.05, 3.63) is 0 Å². The van der Waals surface area contributed by atoms with Crippen LogP contribution in [-0.4, -0.2) is 37.2 Å². The van der Waals surface area contributed by atoms with Gasteiger partial charge in [-0.3, -0.25) is 14.4 Å². The second-order valence-corrected chi connectivity index (χ2v) is 20.9. The molecule has 0 bridgehead atoms. The van der Waals surface area contributed by atoms with Crippen molar-refractivity contribution in [3.8, 4) is 0 Å². The van der Waals surface area contributed by atoms with Crippen LogP contribution in [0.2, 0.25) is 0 Å². The molecule has 0 aliphatic rings. The summed E-state index contributed by atoms with van der Waals surface area (Å²) in [5, 5.41) is 0. The number of ether oxygens (including phenoxy) is 3. The van der Waals surface area contributed by atoms with Crippen molar-refractivity contribution in [1.82, 2.24) is 0 Å². The van der Waals surface area contributed by atoms with Gasteiger partial charge in [-0.1, -0.05) is 285 Å². The first-order chi connectivity index (χ1) is 31.2. The van der Waals surface area contributed by atoms with E-state index in [0.29, 0.717) is 19.3 Å². The topological polar surface area (TPSA) is 78.9 Å². The fraction of sp³-hybridized carbons (Fsp3) is 0.948. The molecule has 0 N–H and O–H groups in total. The molecule has 0 spiro atoms. The lowest BCUT2D eigenvalue weighted by molar-refractivity contribution is -0.167. The van der Waals surface area contributed by atoms with Gasteiger partial charge in [0.25, 0.3) is 0 Å². The maximum Gasteiger partial charge on any atom is 0.306 e. The number of carbonyl (C=O) groups is 3. The van der Waals surface area contributed by atoms with E-state index >= 15 is 0 Å². The van der Waals surface area contributed by atoms with E-state index in [0.717, 1.165) is 69.6 Å². The average molecular weight is 906 g/mol. The zero-order valence-corrected chi connectivity index (χ0v) is 43.9. The summed E-state index contributed by atoms with van der Waals surface area (Å²) >= 11 is 0. The molecule has 0 rings (SSSR count). The second-order valence-electron chi connectivity index (χ2n) is 20.9. The van der Waals surface area contributed by atoms with Gasteiger partial charge >= 0.3 is 17.9 Å². The lowest BCUT2D eigenvalue weighted by Gasteiger charge is -2.18. The molecular formula is C58H112O6. The molecule has 0 fully saturated rings. The highest BCUT2D eigenvalue weighted by Gasteiger charge is 2.19. The van der Waals surface area contributed by atoms with Gasteiger partial charge in [-0.15, -0.1) is 0 Å². The molecule has 0 aromatic carbocycles. The van der Waals surface area contributed by atoms with Gasteiger partial charge in [0.15, 0.2) is 6.10 Å². The molecule has 0 aromatic heterocycles. The molecule has 0 saturated heterocycles. The van der Waals surface area contributed by atoms with Crippen molar-refractivity contribution >= 4 is 17.9 Å². The summed E-state index contributed by atoms with van der Waals surface area (Å²) in [7, 11) is 0. The molecule has 0 heterocycles. The molecule has 0 aliphatic heterocycles. The van der Waals surface area contributed by atoms with Crippen LogP contribution in [0.25, 0.3) is 0 Å². The monoisotopic (exact) mass is 905 g/mol. The van der Waals surface area contributed by atoms with E-state index < -0.39 is 6.10 Å². The molecule has 0 saturated carbocycles. The zero-order valence-electron chi connectivity index (χ0n) is 43.9. The van der Waals surface area contributed by atoms with Crippen molar-refractivity contribution in [2.24, 2.45) is 11.8 Å². The van der Waals surface area contributed by atoms with E-state index in [2.05, 4.69) is 34.6 Å². The number of hydrogen-bond acceptors (Lipinski definition) is 6. The van der Waals surface area contributed by atoms with E-state index in [1.54, 1.807) is 0 Å². The maximum atomic E-state index is 12.8. The fourth-order valence-corrected chi connectivity index (χ4v) is 8.87. The van der Waals surface area contributed by atoms with E-state index in [4.69, 9.17) is 14.2 Å². The molecule has 0 aliphatic carbocycles. The molecule has 0 aromatic rings. The van der Waals surface area contributed by atoms with Crippen molar-refractivity contribution < 1.29 is 28.6 Å². The van der Waals surface area contributed by atoms with E-state index in [1.807, 2.05) is 0 Å². The highest BCUT2D eigenvalue weighted by molar-refractivity contribution is 5.71. The minimum Gasteiger partial charge on any atom is -0.462 e. The molecular weight excluding hydrogens is 793 g/mol. The Hall–Kier alpha value is -1.59. The number of esters is 3. The Labute approximate surface area is 399 Å². The molecule has 0 amide bonds.